The molecule has 0 aliphatic rings. The Bertz CT molecular complexity index is 1430. The summed E-state index contributed by atoms with van der Waals surface area (Å²) in [5, 5.41) is 10.3. The average molecular weight is 572 g/mol. The lowest BCUT2D eigenvalue weighted by Gasteiger charge is -2.23. The molecule has 0 aliphatic carbocycles. The van der Waals surface area contributed by atoms with Crippen LogP contribution in [0.1, 0.15) is 71.6 Å². The van der Waals surface area contributed by atoms with E-state index in [0.717, 1.165) is 5.56 Å². The van der Waals surface area contributed by atoms with Gasteiger partial charge in [0.25, 0.3) is 12.3 Å². The zero-order valence-corrected chi connectivity index (χ0v) is 24.2. The van der Waals surface area contributed by atoms with Crippen molar-refractivity contribution in [1.29, 1.82) is 0 Å². The number of nitrogens with one attached hydrogen (secondary N) is 3. The van der Waals surface area contributed by atoms with E-state index in [1.807, 2.05) is 27.7 Å². The lowest BCUT2D eigenvalue weighted by Crippen LogP contribution is -2.35. The molecule has 40 heavy (non-hydrogen) atoms. The number of nitrogens with zero attached hydrogens (tertiary/aromatic N) is 2. The monoisotopic (exact) mass is 571 g/mol. The van der Waals surface area contributed by atoms with Gasteiger partial charge in [-0.25, -0.2) is 19.6 Å². The Morgan fingerprint density at radius 1 is 1.15 bits per heavy atom. The number of anilines is 3. The van der Waals surface area contributed by atoms with Gasteiger partial charge in [-0.05, 0) is 75.6 Å². The van der Waals surface area contributed by atoms with Gasteiger partial charge < -0.3 is 21.7 Å². The van der Waals surface area contributed by atoms with Gasteiger partial charge in [-0.2, -0.15) is 0 Å². The molecule has 0 radical (unpaired) electrons. The average Bonchev–Trinajstić information content (AvgIpc) is 3.31. The number of amides is 2. The van der Waals surface area contributed by atoms with E-state index < -0.39 is 12.3 Å². The summed E-state index contributed by atoms with van der Waals surface area (Å²) in [6, 6.07) is 7.96. The third kappa shape index (κ3) is 8.07. The molecule has 2 amide bonds. The summed E-state index contributed by atoms with van der Waals surface area (Å²) in [5.74, 6) is 5.55. The van der Waals surface area contributed by atoms with Crippen LogP contribution in [0.5, 0.6) is 0 Å². The molecule has 12 heteroatoms. The second-order valence-electron chi connectivity index (χ2n) is 10.4. The van der Waals surface area contributed by atoms with Crippen LogP contribution >= 0.6 is 11.3 Å². The van der Waals surface area contributed by atoms with E-state index in [1.165, 1.54) is 41.7 Å². The molecule has 0 unspecified atom stereocenters. The van der Waals surface area contributed by atoms with Crippen molar-refractivity contribution in [3.8, 4) is 0 Å². The molecule has 0 saturated heterocycles. The number of nitrogens with two attached hydrogens (primary N) is 2. The van der Waals surface area contributed by atoms with Gasteiger partial charge in [0, 0.05) is 48.2 Å². The summed E-state index contributed by atoms with van der Waals surface area (Å²) in [6.45, 7) is 11.2. The number of rotatable bonds is 9. The second kappa shape index (κ2) is 12.5. The highest BCUT2D eigenvalue weighted by Crippen LogP contribution is 2.30. The molecule has 2 aromatic carbocycles. The molecule has 0 saturated carbocycles. The SMILES string of the molecule is CC(=O)Nc1ncc(/C(N)=C/N(N)c2cc(C(=O)Nc3cc(CNC(C)(C)C)c(C)c(C(F)F)c3)ccc2C)s1. The Labute approximate surface area is 236 Å². The molecule has 214 valence electrons. The predicted octanol–water partition coefficient (Wildman–Crippen LogP) is 5.43. The fourth-order valence-electron chi connectivity index (χ4n) is 3.77. The fraction of sp³-hybridized carbons (Fsp3) is 0.321. The maximum absolute atomic E-state index is 13.8. The third-order valence-corrected chi connectivity index (χ3v) is 6.92. The molecule has 0 bridgehead atoms. The van der Waals surface area contributed by atoms with E-state index in [1.54, 1.807) is 31.2 Å². The minimum atomic E-state index is -2.69. The van der Waals surface area contributed by atoms with Gasteiger partial charge in [0.15, 0.2) is 5.13 Å². The third-order valence-electron chi connectivity index (χ3n) is 5.96. The van der Waals surface area contributed by atoms with Crippen molar-refractivity contribution in [3.63, 3.8) is 0 Å². The number of halogens is 2. The Morgan fingerprint density at radius 3 is 2.48 bits per heavy atom. The minimum Gasteiger partial charge on any atom is -0.396 e. The first-order chi connectivity index (χ1) is 18.6. The van der Waals surface area contributed by atoms with Crippen LogP contribution in [-0.2, 0) is 11.3 Å². The van der Waals surface area contributed by atoms with Gasteiger partial charge in [0.1, 0.15) is 0 Å². The van der Waals surface area contributed by atoms with Gasteiger partial charge in [0.05, 0.1) is 16.3 Å². The summed E-state index contributed by atoms with van der Waals surface area (Å²) in [6.07, 6.45) is 0.317. The van der Waals surface area contributed by atoms with Crippen LogP contribution in [0.25, 0.3) is 5.70 Å². The first-order valence-electron chi connectivity index (χ1n) is 12.5. The fourth-order valence-corrected chi connectivity index (χ4v) is 4.56. The zero-order valence-electron chi connectivity index (χ0n) is 23.4. The van der Waals surface area contributed by atoms with E-state index in [0.29, 0.717) is 39.1 Å². The smallest absolute Gasteiger partial charge is 0.264 e. The number of carbonyl (C=O) groups excluding carboxylic acids is 2. The van der Waals surface area contributed by atoms with Crippen LogP contribution in [0, 0.1) is 13.8 Å². The van der Waals surface area contributed by atoms with Gasteiger partial charge in [-0.1, -0.05) is 17.4 Å². The molecule has 7 N–H and O–H groups in total. The van der Waals surface area contributed by atoms with Gasteiger partial charge in [0.2, 0.25) is 5.91 Å². The van der Waals surface area contributed by atoms with Crippen molar-refractivity contribution in [2.75, 3.05) is 15.6 Å². The number of hydrazine groups is 1. The molecule has 1 heterocycles. The maximum Gasteiger partial charge on any atom is 0.264 e. The van der Waals surface area contributed by atoms with E-state index in [2.05, 4.69) is 20.9 Å². The van der Waals surface area contributed by atoms with Crippen LogP contribution in [-0.4, -0.2) is 22.3 Å². The molecule has 0 aliphatic heterocycles. The second-order valence-corrected chi connectivity index (χ2v) is 11.4. The van der Waals surface area contributed by atoms with Gasteiger partial charge in [-0.15, -0.1) is 0 Å². The molecular formula is C28H35F2N7O2S. The van der Waals surface area contributed by atoms with Crippen LogP contribution < -0.4 is 32.5 Å². The van der Waals surface area contributed by atoms with E-state index in [4.69, 9.17) is 11.6 Å². The summed E-state index contributed by atoms with van der Waals surface area (Å²) >= 11 is 1.19. The van der Waals surface area contributed by atoms with Crippen molar-refractivity contribution < 1.29 is 18.4 Å². The van der Waals surface area contributed by atoms with E-state index in [-0.39, 0.29) is 28.3 Å². The maximum atomic E-state index is 13.8. The number of carbonyl (C=O) groups is 2. The predicted molar refractivity (Wildman–Crippen MR) is 157 cm³/mol. The topological polar surface area (TPSA) is 138 Å². The molecular weight excluding hydrogens is 536 g/mol. The summed E-state index contributed by atoms with van der Waals surface area (Å²) in [5.41, 5.74) is 9.14. The Kier molecular flexibility index (Phi) is 9.61. The van der Waals surface area contributed by atoms with Crippen LogP contribution in [0.3, 0.4) is 0 Å². The number of aromatic nitrogens is 1. The largest absolute Gasteiger partial charge is 0.396 e. The molecule has 9 nitrogen and oxygen atoms in total. The van der Waals surface area contributed by atoms with Gasteiger partial charge in [-0.3, -0.25) is 14.6 Å². The normalized spacial score (nSPS) is 12.0. The van der Waals surface area contributed by atoms with Crippen molar-refractivity contribution in [1.82, 2.24) is 10.3 Å². The number of thiazole rings is 1. The Balaban J connectivity index is 1.85. The molecule has 0 fully saturated rings. The molecule has 1 aromatic heterocycles. The Morgan fingerprint density at radius 2 is 1.85 bits per heavy atom. The highest BCUT2D eigenvalue weighted by atomic mass is 32.1. The van der Waals surface area contributed by atoms with E-state index in [9.17, 15) is 18.4 Å². The number of benzene rings is 2. The zero-order chi connectivity index (χ0) is 29.8. The van der Waals surface area contributed by atoms with Crippen LogP contribution in [0.4, 0.5) is 25.3 Å². The lowest BCUT2D eigenvalue weighted by atomic mass is 9.99. The van der Waals surface area contributed by atoms with Crippen LogP contribution in [0.2, 0.25) is 0 Å². The first kappa shape index (κ1) is 30.7. The summed E-state index contributed by atoms with van der Waals surface area (Å²) < 4.78 is 27.6. The number of aryl methyl sites for hydroxylation is 1. The Hall–Kier alpha value is -3.87. The quantitative estimate of drug-likeness (QED) is 0.170. The lowest BCUT2D eigenvalue weighted by molar-refractivity contribution is -0.114. The number of alkyl halides is 2. The highest BCUT2D eigenvalue weighted by Gasteiger charge is 2.19. The van der Waals surface area contributed by atoms with Gasteiger partial charge >= 0.3 is 0 Å². The minimum absolute atomic E-state index is 0.133. The molecule has 0 spiro atoms. The van der Waals surface area contributed by atoms with Crippen molar-refractivity contribution >= 4 is 45.4 Å². The summed E-state index contributed by atoms with van der Waals surface area (Å²) in [7, 11) is 0. The number of hydrogen-bond donors (Lipinski definition) is 5. The summed E-state index contributed by atoms with van der Waals surface area (Å²) in [4.78, 5) is 29.1. The van der Waals surface area contributed by atoms with Crippen LogP contribution in [0.15, 0.2) is 42.7 Å². The van der Waals surface area contributed by atoms with E-state index >= 15 is 0 Å². The van der Waals surface area contributed by atoms with Crippen molar-refractivity contribution in [2.45, 2.75) is 60.1 Å². The van der Waals surface area contributed by atoms with Crippen molar-refractivity contribution in [2.24, 2.45) is 11.6 Å². The molecule has 3 aromatic rings. The molecule has 0 atom stereocenters. The first-order valence-corrected chi connectivity index (χ1v) is 13.3. The molecule has 3 rings (SSSR count). The standard InChI is InChI=1S/C28H35F2N7O2S/c1-15-7-8-18(10-23(15)37(32)14-22(31)24-13-33-27(40-24)35-17(3)38)26(39)36-20-9-19(12-34-28(4,5)6)16(2)21(11-20)25(29)30/h7-11,13-14,25,34H,12,31-32H2,1-6H3,(H,36,39)(H,33,35,38)/b22-14-. The number of hydrogen-bond acceptors (Lipinski definition) is 8. The van der Waals surface area contributed by atoms with Crippen molar-refractivity contribution in [3.05, 3.63) is 75.4 Å². The highest BCUT2D eigenvalue weighted by molar-refractivity contribution is 7.16.